The van der Waals surface area contributed by atoms with E-state index in [-0.39, 0.29) is 0 Å². The molecule has 0 aromatic heterocycles. The van der Waals surface area contributed by atoms with E-state index in [1.54, 1.807) is 0 Å². The molecular weight excluding hydrogens is 198 g/mol. The highest BCUT2D eigenvalue weighted by atomic mass is 15.1. The molecule has 1 unspecified atom stereocenters. The van der Waals surface area contributed by atoms with Crippen molar-refractivity contribution in [2.75, 3.05) is 46.3 Å². The van der Waals surface area contributed by atoms with Crippen molar-refractivity contribution >= 4 is 0 Å². The molecule has 0 aliphatic carbocycles. The van der Waals surface area contributed by atoms with Gasteiger partial charge in [-0.2, -0.15) is 0 Å². The minimum absolute atomic E-state index is 0.446. The lowest BCUT2D eigenvalue weighted by Gasteiger charge is -2.34. The zero-order valence-corrected chi connectivity index (χ0v) is 11.1. The highest BCUT2D eigenvalue weighted by Crippen LogP contribution is 2.33. The second kappa shape index (κ2) is 5.03. The third-order valence-electron chi connectivity index (χ3n) is 4.38. The Morgan fingerprint density at radius 3 is 2.62 bits per heavy atom. The predicted octanol–water partition coefficient (Wildman–Crippen LogP) is 0.773. The zero-order valence-electron chi connectivity index (χ0n) is 11.1. The normalized spacial score (nSPS) is 28.3. The fraction of sp³-hybridized carbons (Fsp3) is 1.00. The SMILES string of the molecule is CN1CCC(C(C)(C)CNCC2CNC2)C1. The molecule has 2 aliphatic rings. The molecule has 2 aliphatic heterocycles. The molecular formula is C13H27N3. The van der Waals surface area contributed by atoms with Crippen LogP contribution in [0.1, 0.15) is 20.3 Å². The zero-order chi connectivity index (χ0) is 11.6. The molecule has 2 N–H and O–H groups in total. The quantitative estimate of drug-likeness (QED) is 0.724. The van der Waals surface area contributed by atoms with Crippen molar-refractivity contribution in [2.45, 2.75) is 20.3 Å². The van der Waals surface area contributed by atoms with Crippen LogP contribution in [0.3, 0.4) is 0 Å². The summed E-state index contributed by atoms with van der Waals surface area (Å²) < 4.78 is 0. The van der Waals surface area contributed by atoms with Crippen LogP contribution >= 0.6 is 0 Å². The maximum Gasteiger partial charge on any atom is 0.00127 e. The van der Waals surface area contributed by atoms with Crippen LogP contribution in [0.25, 0.3) is 0 Å². The molecule has 94 valence electrons. The van der Waals surface area contributed by atoms with E-state index in [1.807, 2.05) is 0 Å². The van der Waals surface area contributed by atoms with Crippen LogP contribution in [0, 0.1) is 17.3 Å². The third-order valence-corrected chi connectivity index (χ3v) is 4.38. The van der Waals surface area contributed by atoms with Crippen LogP contribution in [0.15, 0.2) is 0 Å². The van der Waals surface area contributed by atoms with Gasteiger partial charge in [0.05, 0.1) is 0 Å². The predicted molar refractivity (Wildman–Crippen MR) is 68.6 cm³/mol. The van der Waals surface area contributed by atoms with E-state index < -0.39 is 0 Å². The fourth-order valence-electron chi connectivity index (χ4n) is 2.81. The van der Waals surface area contributed by atoms with Crippen molar-refractivity contribution in [1.82, 2.24) is 15.5 Å². The molecule has 0 spiro atoms. The molecule has 3 heteroatoms. The first-order valence-electron chi connectivity index (χ1n) is 6.68. The van der Waals surface area contributed by atoms with E-state index in [0.717, 1.165) is 11.8 Å². The highest BCUT2D eigenvalue weighted by molar-refractivity contribution is 4.87. The summed E-state index contributed by atoms with van der Waals surface area (Å²) in [7, 11) is 2.24. The van der Waals surface area contributed by atoms with E-state index >= 15 is 0 Å². The molecule has 0 aromatic carbocycles. The van der Waals surface area contributed by atoms with E-state index in [9.17, 15) is 0 Å². The summed E-state index contributed by atoms with van der Waals surface area (Å²) >= 11 is 0. The number of likely N-dealkylation sites (tertiary alicyclic amines) is 1. The van der Waals surface area contributed by atoms with Crippen molar-refractivity contribution < 1.29 is 0 Å². The van der Waals surface area contributed by atoms with Crippen LogP contribution in [-0.2, 0) is 0 Å². The summed E-state index contributed by atoms with van der Waals surface area (Å²) in [6.07, 6.45) is 1.37. The van der Waals surface area contributed by atoms with Gasteiger partial charge in [-0.15, -0.1) is 0 Å². The summed E-state index contributed by atoms with van der Waals surface area (Å²) in [5, 5.41) is 6.98. The fourth-order valence-corrected chi connectivity index (χ4v) is 2.81. The van der Waals surface area contributed by atoms with Gasteiger partial charge >= 0.3 is 0 Å². The molecule has 2 rings (SSSR count). The van der Waals surface area contributed by atoms with E-state index in [4.69, 9.17) is 0 Å². The molecule has 0 amide bonds. The summed E-state index contributed by atoms with van der Waals surface area (Å²) in [6.45, 7) is 12.2. The van der Waals surface area contributed by atoms with Gasteiger partial charge in [0.2, 0.25) is 0 Å². The van der Waals surface area contributed by atoms with Crippen LogP contribution in [0.5, 0.6) is 0 Å². The van der Waals surface area contributed by atoms with Gasteiger partial charge in [-0.05, 0) is 37.3 Å². The largest absolute Gasteiger partial charge is 0.316 e. The summed E-state index contributed by atoms with van der Waals surface area (Å²) in [4.78, 5) is 2.46. The molecule has 0 aromatic rings. The molecule has 1 atom stereocenters. The number of nitrogens with one attached hydrogen (secondary N) is 2. The van der Waals surface area contributed by atoms with Crippen LogP contribution in [0.2, 0.25) is 0 Å². The van der Waals surface area contributed by atoms with E-state index in [0.29, 0.717) is 5.41 Å². The average molecular weight is 225 g/mol. The first-order valence-corrected chi connectivity index (χ1v) is 6.68. The highest BCUT2D eigenvalue weighted by Gasteiger charge is 2.33. The first-order chi connectivity index (χ1) is 7.58. The van der Waals surface area contributed by atoms with Crippen molar-refractivity contribution in [3.63, 3.8) is 0 Å². The van der Waals surface area contributed by atoms with Gasteiger partial charge in [-0.3, -0.25) is 0 Å². The Bertz CT molecular complexity index is 223. The van der Waals surface area contributed by atoms with E-state index in [1.165, 1.54) is 45.7 Å². The molecule has 2 fully saturated rings. The molecule has 0 radical (unpaired) electrons. The van der Waals surface area contributed by atoms with Crippen molar-refractivity contribution in [1.29, 1.82) is 0 Å². The second-order valence-corrected chi connectivity index (χ2v) is 6.39. The smallest absolute Gasteiger partial charge is 0.00127 e. The van der Waals surface area contributed by atoms with Gasteiger partial charge in [-0.1, -0.05) is 13.8 Å². The number of hydrogen-bond donors (Lipinski definition) is 2. The molecule has 16 heavy (non-hydrogen) atoms. The Kier molecular flexibility index (Phi) is 3.88. The van der Waals surface area contributed by atoms with Crippen LogP contribution < -0.4 is 10.6 Å². The molecule has 3 nitrogen and oxygen atoms in total. The van der Waals surface area contributed by atoms with Gasteiger partial charge in [-0.25, -0.2) is 0 Å². The van der Waals surface area contributed by atoms with Gasteiger partial charge in [0.1, 0.15) is 0 Å². The summed E-state index contributed by atoms with van der Waals surface area (Å²) in [5.41, 5.74) is 0.446. The Morgan fingerprint density at radius 1 is 1.38 bits per heavy atom. The maximum absolute atomic E-state index is 3.66. The van der Waals surface area contributed by atoms with Gasteiger partial charge in [0.15, 0.2) is 0 Å². The number of nitrogens with zero attached hydrogens (tertiary/aromatic N) is 1. The molecule has 2 heterocycles. The van der Waals surface area contributed by atoms with Gasteiger partial charge in [0.25, 0.3) is 0 Å². The standard InChI is InChI=1S/C13H27N3/c1-13(2,12-4-5-16(3)9-12)10-15-8-11-6-14-7-11/h11-12,14-15H,4-10H2,1-3H3. The maximum atomic E-state index is 3.66. The number of rotatable bonds is 5. The second-order valence-electron chi connectivity index (χ2n) is 6.39. The topological polar surface area (TPSA) is 27.3 Å². The van der Waals surface area contributed by atoms with Crippen LogP contribution in [0.4, 0.5) is 0 Å². The lowest BCUT2D eigenvalue weighted by Crippen LogP contribution is -2.49. The summed E-state index contributed by atoms with van der Waals surface area (Å²) in [6, 6.07) is 0. The lowest BCUT2D eigenvalue weighted by molar-refractivity contribution is 0.198. The first kappa shape index (κ1) is 12.3. The Labute approximate surface area is 100.0 Å². The Morgan fingerprint density at radius 2 is 2.12 bits per heavy atom. The monoisotopic (exact) mass is 225 g/mol. The number of hydrogen-bond acceptors (Lipinski definition) is 3. The van der Waals surface area contributed by atoms with Crippen molar-refractivity contribution in [2.24, 2.45) is 17.3 Å². The average Bonchev–Trinajstić information content (AvgIpc) is 2.57. The third kappa shape index (κ3) is 2.96. The van der Waals surface area contributed by atoms with Crippen molar-refractivity contribution in [3.8, 4) is 0 Å². The molecule has 0 saturated carbocycles. The van der Waals surface area contributed by atoms with Gasteiger partial charge in [0, 0.05) is 32.7 Å². The molecule has 0 bridgehead atoms. The molecule has 2 saturated heterocycles. The Hall–Kier alpha value is -0.120. The van der Waals surface area contributed by atoms with Gasteiger partial charge < -0.3 is 15.5 Å². The van der Waals surface area contributed by atoms with E-state index in [2.05, 4.69) is 36.4 Å². The minimum atomic E-state index is 0.446. The summed E-state index contributed by atoms with van der Waals surface area (Å²) in [5.74, 6) is 1.74. The van der Waals surface area contributed by atoms with Crippen LogP contribution in [-0.4, -0.2) is 51.2 Å². The lowest BCUT2D eigenvalue weighted by atomic mass is 9.78. The van der Waals surface area contributed by atoms with Crippen molar-refractivity contribution in [3.05, 3.63) is 0 Å². The minimum Gasteiger partial charge on any atom is -0.316 e. The Balaban J connectivity index is 1.69.